The second kappa shape index (κ2) is 30.8. The van der Waals surface area contributed by atoms with Gasteiger partial charge in [-0.1, -0.05) is 27.7 Å². The van der Waals surface area contributed by atoms with Crippen LogP contribution in [-0.2, 0) is 66.8 Å². The molecule has 0 aromatic carbocycles. The Hall–Kier alpha value is -4.05. The van der Waals surface area contributed by atoms with E-state index in [1.165, 1.54) is 18.7 Å². The number of imide groups is 1. The molecule has 0 bridgehead atoms. The summed E-state index contributed by atoms with van der Waals surface area (Å²) < 4.78 is 35.0. The number of likely N-dealkylation sites (tertiary alicyclic amines) is 1. The van der Waals surface area contributed by atoms with E-state index in [2.05, 4.69) is 31.9 Å². The molecule has 0 spiro atoms. The van der Waals surface area contributed by atoms with Gasteiger partial charge in [0.25, 0.3) is 5.91 Å². The topological polar surface area (TPSA) is 328 Å². The predicted molar refractivity (Wildman–Crippen MR) is 274 cm³/mol. The fraction of sp³-hybridized carbons (Fsp3) is 0.840. The van der Waals surface area contributed by atoms with Crippen molar-refractivity contribution >= 4 is 59.1 Å². The Bertz CT molecular complexity index is 1900. The molecule has 11 atom stereocenters. The maximum absolute atomic E-state index is 13.7. The molecule has 3 saturated heterocycles. The molecule has 0 aliphatic carbocycles. The Balaban J connectivity index is 1.36. The van der Waals surface area contributed by atoms with Gasteiger partial charge in [-0.3, -0.25) is 43.3 Å². The van der Waals surface area contributed by atoms with E-state index in [-0.39, 0.29) is 88.9 Å². The van der Waals surface area contributed by atoms with E-state index >= 15 is 0 Å². The minimum atomic E-state index is -1.74. The van der Waals surface area contributed by atoms with Gasteiger partial charge in [-0.25, -0.2) is 0 Å². The Morgan fingerprint density at radius 1 is 0.747 bits per heavy atom. The number of hydrogen-bond acceptors (Lipinski definition) is 19. The van der Waals surface area contributed by atoms with Crippen LogP contribution in [0.5, 0.6) is 0 Å². The molecule has 9 N–H and O–H groups in total. The maximum atomic E-state index is 13.7. The van der Waals surface area contributed by atoms with Gasteiger partial charge in [-0.2, -0.15) is 0 Å². The summed E-state index contributed by atoms with van der Waals surface area (Å²) >= 11 is 1.17. The van der Waals surface area contributed by atoms with Crippen LogP contribution < -0.4 is 31.9 Å². The van der Waals surface area contributed by atoms with E-state index in [4.69, 9.17) is 28.4 Å². The first-order chi connectivity index (χ1) is 35.0. The fourth-order valence-electron chi connectivity index (χ4n) is 8.38. The summed E-state index contributed by atoms with van der Waals surface area (Å²) in [5.41, 5.74) is -1.46. The highest BCUT2D eigenvalue weighted by molar-refractivity contribution is 8.00. The predicted octanol–water partition coefficient (Wildman–Crippen LogP) is -0.685. The molecular weight excluding hydrogens is 1000 g/mol. The normalized spacial score (nSPS) is 26.4. The average molecular weight is 1090 g/mol. The number of rotatable bonds is 29. The fourth-order valence-corrected chi connectivity index (χ4v) is 9.49. The summed E-state index contributed by atoms with van der Waals surface area (Å²) in [5, 5.41) is 50.3. The van der Waals surface area contributed by atoms with E-state index in [1.807, 2.05) is 48.5 Å². The number of nitrogens with zero attached hydrogens (tertiary/aromatic N) is 1. The van der Waals surface area contributed by atoms with E-state index in [0.29, 0.717) is 13.0 Å². The smallest absolute Gasteiger partial charge is 0.315 e. The third kappa shape index (κ3) is 22.8. The van der Waals surface area contributed by atoms with Crippen molar-refractivity contribution in [3.8, 4) is 0 Å². The van der Waals surface area contributed by atoms with Gasteiger partial charge in [0.2, 0.25) is 35.4 Å². The van der Waals surface area contributed by atoms with Crippen LogP contribution >= 0.6 is 11.8 Å². The van der Waals surface area contributed by atoms with Gasteiger partial charge in [0.15, 0.2) is 12.4 Å². The highest BCUT2D eigenvalue weighted by Crippen LogP contribution is 2.37. The number of amides is 7. The van der Waals surface area contributed by atoms with Crippen molar-refractivity contribution in [1.82, 2.24) is 36.8 Å². The first kappa shape index (κ1) is 65.2. The van der Waals surface area contributed by atoms with Crippen molar-refractivity contribution in [2.24, 2.45) is 5.41 Å². The zero-order valence-corrected chi connectivity index (χ0v) is 46.6. The second-order valence-corrected chi connectivity index (χ2v) is 23.3. The maximum Gasteiger partial charge on any atom is 0.315 e. The number of aliphatic hydroxyl groups excluding tert-OH is 3. The Labute approximate surface area is 445 Å². The van der Waals surface area contributed by atoms with Crippen LogP contribution in [0.1, 0.15) is 121 Å². The molecule has 430 valence electrons. The molecule has 3 rings (SSSR count). The lowest BCUT2D eigenvalue weighted by atomic mass is 9.78. The van der Waals surface area contributed by atoms with Crippen LogP contribution in [-0.4, -0.2) is 210 Å². The molecule has 25 heteroatoms. The van der Waals surface area contributed by atoms with Gasteiger partial charge in [-0.05, 0) is 72.8 Å². The minimum Gasteiger partial charge on any atom is -0.463 e. The standard InChI is InChI=1S/C50H87N7O17S/c1-12-30-38(64)41(37(56-29(2)58)44(71-30)48(3,4)5)72-47-40(66)39(65)42(74-50(9,10)11)43(73-47)45(67)54-19-13-17-51-32(59)15-22-57-35(62)27-31(46(57)68)75-26-16-33(60)53-21-23-69-24-25-70-36(63)28-34(61)52-18-14-20-55-49(6,7)8/h30-31,37-44,47,55,64-66H,12-28H2,1-11H3,(H,51,59)(H,52,61)(H,53,60)(H,54,67)(H,56,58). The monoisotopic (exact) mass is 1090 g/mol. The number of carbonyl (C=O) groups is 8. The van der Waals surface area contributed by atoms with Gasteiger partial charge < -0.3 is 75.6 Å². The summed E-state index contributed by atoms with van der Waals surface area (Å²) in [4.78, 5) is 102. The number of esters is 1. The van der Waals surface area contributed by atoms with Crippen molar-refractivity contribution in [2.75, 3.05) is 64.8 Å². The lowest BCUT2D eigenvalue weighted by Crippen LogP contribution is -2.69. The minimum absolute atomic E-state index is 0.0169. The van der Waals surface area contributed by atoms with Crippen LogP contribution in [0.2, 0.25) is 0 Å². The zero-order valence-electron chi connectivity index (χ0n) is 45.8. The number of carbonyl (C=O) groups excluding carboxylic acids is 8. The molecule has 75 heavy (non-hydrogen) atoms. The largest absolute Gasteiger partial charge is 0.463 e. The third-order valence-electron chi connectivity index (χ3n) is 12.0. The van der Waals surface area contributed by atoms with E-state index in [9.17, 15) is 53.7 Å². The van der Waals surface area contributed by atoms with Crippen molar-refractivity contribution in [3.05, 3.63) is 0 Å². The highest BCUT2D eigenvalue weighted by Gasteiger charge is 2.55. The van der Waals surface area contributed by atoms with E-state index < -0.39 is 125 Å². The molecule has 11 unspecified atom stereocenters. The van der Waals surface area contributed by atoms with Crippen molar-refractivity contribution in [1.29, 1.82) is 0 Å². The number of aliphatic hydroxyl groups is 3. The molecule has 0 radical (unpaired) electrons. The second-order valence-electron chi connectivity index (χ2n) is 22.0. The molecule has 3 heterocycles. The lowest BCUT2D eigenvalue weighted by Gasteiger charge is -2.51. The van der Waals surface area contributed by atoms with Gasteiger partial charge in [0.05, 0.1) is 42.3 Å². The van der Waals surface area contributed by atoms with Crippen LogP contribution in [0.25, 0.3) is 0 Å². The highest BCUT2D eigenvalue weighted by atomic mass is 32.2. The number of ether oxygens (including phenoxy) is 6. The van der Waals surface area contributed by atoms with Crippen LogP contribution in [0.4, 0.5) is 0 Å². The summed E-state index contributed by atoms with van der Waals surface area (Å²) in [5.74, 6) is -3.55. The first-order valence-electron chi connectivity index (χ1n) is 26.0. The van der Waals surface area contributed by atoms with E-state index in [0.717, 1.165) is 17.9 Å². The third-order valence-corrected chi connectivity index (χ3v) is 13.2. The van der Waals surface area contributed by atoms with Crippen molar-refractivity contribution in [3.63, 3.8) is 0 Å². The molecule has 7 amide bonds. The van der Waals surface area contributed by atoms with Crippen LogP contribution in [0, 0.1) is 5.41 Å². The molecular formula is C50H87N7O17S. The lowest BCUT2D eigenvalue weighted by molar-refractivity contribution is -0.335. The molecule has 0 aromatic rings. The first-order valence-corrected chi connectivity index (χ1v) is 27.0. The molecule has 24 nitrogen and oxygen atoms in total. The molecule has 3 aliphatic rings. The van der Waals surface area contributed by atoms with Crippen LogP contribution in [0.15, 0.2) is 0 Å². The quantitative estimate of drug-likeness (QED) is 0.0194. The zero-order chi connectivity index (χ0) is 56.3. The summed E-state index contributed by atoms with van der Waals surface area (Å²) in [7, 11) is 0. The molecule has 3 aliphatic heterocycles. The molecule has 0 saturated carbocycles. The number of nitrogens with one attached hydrogen (secondary N) is 6. The summed E-state index contributed by atoms with van der Waals surface area (Å²) in [6, 6.07) is -0.907. The van der Waals surface area contributed by atoms with E-state index in [1.54, 1.807) is 20.8 Å². The Morgan fingerprint density at radius 3 is 2.00 bits per heavy atom. The van der Waals surface area contributed by atoms with Gasteiger partial charge in [-0.15, -0.1) is 11.8 Å². The van der Waals surface area contributed by atoms with Crippen LogP contribution in [0.3, 0.4) is 0 Å². The Kier molecular flexibility index (Phi) is 26.8. The average Bonchev–Trinajstić information content (AvgIpc) is 3.57. The van der Waals surface area contributed by atoms with Gasteiger partial charge >= 0.3 is 5.97 Å². The van der Waals surface area contributed by atoms with Gasteiger partial charge in [0.1, 0.15) is 43.5 Å². The van der Waals surface area contributed by atoms with Gasteiger partial charge in [0, 0.05) is 70.2 Å². The number of hydrogen-bond donors (Lipinski definition) is 9. The Morgan fingerprint density at radius 2 is 1.37 bits per heavy atom. The number of thioether (sulfide) groups is 1. The van der Waals surface area contributed by atoms with Crippen molar-refractivity contribution in [2.45, 2.75) is 199 Å². The molecule has 0 aromatic heterocycles. The molecule has 3 fully saturated rings. The van der Waals surface area contributed by atoms with Crippen molar-refractivity contribution < 1.29 is 82.1 Å². The summed E-state index contributed by atoms with van der Waals surface area (Å²) in [6.45, 7) is 21.7. The SMILES string of the molecule is CCC1OC(C(C)(C)C)C(NC(C)=O)C(OC2OC(C(=O)NCCCNC(=O)CCN3C(=O)CC(SCCC(=O)NCCOCCOC(=O)CC(=O)NCCCNC(C)(C)C)C3=O)C(OC(C)(C)C)C(O)C2O)C1O. The summed E-state index contributed by atoms with van der Waals surface area (Å²) in [6.07, 6.45) is -11.0.